The van der Waals surface area contributed by atoms with Gasteiger partial charge in [0.2, 0.25) is 5.91 Å². The Morgan fingerprint density at radius 3 is 2.78 bits per heavy atom. The van der Waals surface area contributed by atoms with Crippen molar-refractivity contribution in [3.8, 4) is 6.07 Å². The summed E-state index contributed by atoms with van der Waals surface area (Å²) in [5.41, 5.74) is 2.12. The molecule has 1 saturated heterocycles. The molecule has 5 heteroatoms. The van der Waals surface area contributed by atoms with Gasteiger partial charge in [-0.15, -0.1) is 11.3 Å². The summed E-state index contributed by atoms with van der Waals surface area (Å²) in [6.07, 6.45) is 3.84. The number of ether oxygens (including phenoxy) is 1. The molecule has 2 atom stereocenters. The number of carbonyl (C=O) groups is 1. The highest BCUT2D eigenvalue weighted by Gasteiger charge is 2.33. The van der Waals surface area contributed by atoms with E-state index < -0.39 is 0 Å². The second-order valence-corrected chi connectivity index (χ2v) is 8.78. The lowest BCUT2D eigenvalue weighted by molar-refractivity contribution is -0.119. The number of nitriles is 1. The van der Waals surface area contributed by atoms with Crippen molar-refractivity contribution in [2.45, 2.75) is 46.5 Å². The summed E-state index contributed by atoms with van der Waals surface area (Å²) in [5, 5.41) is 13.3. The molecule has 1 aliphatic heterocycles. The molecule has 0 saturated carbocycles. The van der Waals surface area contributed by atoms with Gasteiger partial charge < -0.3 is 10.1 Å². The van der Waals surface area contributed by atoms with Gasteiger partial charge in [-0.1, -0.05) is 20.8 Å². The van der Waals surface area contributed by atoms with E-state index >= 15 is 0 Å². The van der Waals surface area contributed by atoms with E-state index in [0.717, 1.165) is 36.2 Å². The van der Waals surface area contributed by atoms with E-state index in [1.165, 1.54) is 4.88 Å². The van der Waals surface area contributed by atoms with Crippen molar-refractivity contribution < 1.29 is 9.53 Å². The Labute approximate surface area is 141 Å². The molecule has 0 bridgehead atoms. The number of amides is 1. The van der Waals surface area contributed by atoms with E-state index in [1.54, 1.807) is 11.3 Å². The van der Waals surface area contributed by atoms with Crippen LogP contribution in [0.4, 0.5) is 5.00 Å². The number of carbonyl (C=O) groups excluding carboxylic acids is 1. The van der Waals surface area contributed by atoms with Crippen molar-refractivity contribution >= 4 is 22.2 Å². The monoisotopic (exact) mass is 332 g/mol. The molecule has 0 radical (unpaired) electrons. The van der Waals surface area contributed by atoms with Gasteiger partial charge >= 0.3 is 0 Å². The molecule has 1 amide bonds. The van der Waals surface area contributed by atoms with Crippen LogP contribution in [0.3, 0.4) is 0 Å². The first kappa shape index (κ1) is 16.5. The summed E-state index contributed by atoms with van der Waals surface area (Å²) in [5.74, 6) is 0.542. The minimum atomic E-state index is -0.0806. The Morgan fingerprint density at radius 1 is 1.39 bits per heavy atom. The number of hydrogen-bond acceptors (Lipinski definition) is 4. The molecule has 2 aliphatic rings. The minimum absolute atomic E-state index is 0.00929. The molecule has 0 spiro atoms. The van der Waals surface area contributed by atoms with E-state index in [9.17, 15) is 10.1 Å². The van der Waals surface area contributed by atoms with Gasteiger partial charge in [-0.25, -0.2) is 0 Å². The fourth-order valence-corrected chi connectivity index (χ4v) is 4.77. The van der Waals surface area contributed by atoms with Crippen LogP contribution in [0.5, 0.6) is 0 Å². The van der Waals surface area contributed by atoms with Crippen molar-refractivity contribution in [2.24, 2.45) is 17.3 Å². The fraction of sp³-hybridized carbons (Fsp3) is 0.667. The Morgan fingerprint density at radius 2 is 2.17 bits per heavy atom. The first-order valence-electron chi connectivity index (χ1n) is 8.33. The normalized spacial score (nSPS) is 24.1. The number of nitrogens with zero attached hydrogens (tertiary/aromatic N) is 1. The van der Waals surface area contributed by atoms with Crippen LogP contribution in [0.25, 0.3) is 0 Å². The molecule has 1 N–H and O–H groups in total. The van der Waals surface area contributed by atoms with E-state index in [-0.39, 0.29) is 17.2 Å². The van der Waals surface area contributed by atoms with Crippen molar-refractivity contribution in [2.75, 3.05) is 18.5 Å². The average Bonchev–Trinajstić information content (AvgIpc) is 3.12. The summed E-state index contributed by atoms with van der Waals surface area (Å²) >= 11 is 1.60. The molecule has 0 aromatic carbocycles. The molecule has 0 unspecified atom stereocenters. The zero-order valence-electron chi connectivity index (χ0n) is 14.1. The van der Waals surface area contributed by atoms with E-state index in [1.807, 2.05) is 0 Å². The third-order valence-electron chi connectivity index (χ3n) is 5.14. The molecular weight excluding hydrogens is 308 g/mol. The summed E-state index contributed by atoms with van der Waals surface area (Å²) in [6.45, 7) is 7.99. The first-order chi connectivity index (χ1) is 10.9. The van der Waals surface area contributed by atoms with Crippen LogP contribution in [0.2, 0.25) is 0 Å². The number of fused-ring (bicyclic) bond motifs is 1. The van der Waals surface area contributed by atoms with Crippen LogP contribution < -0.4 is 5.32 Å². The van der Waals surface area contributed by atoms with Crippen molar-refractivity contribution in [1.29, 1.82) is 5.26 Å². The number of anilines is 1. The molecule has 23 heavy (non-hydrogen) atoms. The second kappa shape index (κ2) is 6.26. The second-order valence-electron chi connectivity index (χ2n) is 7.68. The molecule has 4 nitrogen and oxygen atoms in total. The standard InChI is InChI=1S/C18H24N2O2S/c1-18(2,3)12-4-5-13-14(9-19)17(23-15(13)8-12)20-16(21)11-6-7-22-10-11/h11-12H,4-8,10H2,1-3H3,(H,20,21)/t11-,12+/m1/s1. The third kappa shape index (κ3) is 3.29. The maximum atomic E-state index is 12.3. The van der Waals surface area contributed by atoms with E-state index in [4.69, 9.17) is 4.74 Å². The molecule has 1 aliphatic carbocycles. The van der Waals surface area contributed by atoms with Crippen LogP contribution in [0, 0.1) is 28.6 Å². The van der Waals surface area contributed by atoms with Gasteiger partial charge in [0.05, 0.1) is 18.1 Å². The number of rotatable bonds is 2. The third-order valence-corrected chi connectivity index (χ3v) is 6.31. The van der Waals surface area contributed by atoms with E-state index in [2.05, 4.69) is 32.2 Å². The lowest BCUT2D eigenvalue weighted by atomic mass is 9.72. The highest BCUT2D eigenvalue weighted by molar-refractivity contribution is 7.16. The maximum Gasteiger partial charge on any atom is 0.230 e. The predicted octanol–water partition coefficient (Wildman–Crippen LogP) is 3.75. The van der Waals surface area contributed by atoms with Crippen LogP contribution in [-0.2, 0) is 22.4 Å². The summed E-state index contributed by atoms with van der Waals surface area (Å²) in [4.78, 5) is 13.6. The molecule has 2 heterocycles. The summed E-state index contributed by atoms with van der Waals surface area (Å²) in [6, 6.07) is 2.32. The summed E-state index contributed by atoms with van der Waals surface area (Å²) in [7, 11) is 0. The Hall–Kier alpha value is -1.38. The van der Waals surface area contributed by atoms with E-state index in [0.29, 0.717) is 24.7 Å². The van der Waals surface area contributed by atoms with Gasteiger partial charge in [0.1, 0.15) is 11.1 Å². The Balaban J connectivity index is 1.82. The topological polar surface area (TPSA) is 62.1 Å². The minimum Gasteiger partial charge on any atom is -0.381 e. The van der Waals surface area contributed by atoms with Crippen molar-refractivity contribution in [3.63, 3.8) is 0 Å². The predicted molar refractivity (Wildman–Crippen MR) is 91.6 cm³/mol. The number of hydrogen-bond donors (Lipinski definition) is 1. The maximum absolute atomic E-state index is 12.3. The summed E-state index contributed by atoms with van der Waals surface area (Å²) < 4.78 is 5.28. The highest BCUT2D eigenvalue weighted by Crippen LogP contribution is 2.44. The zero-order chi connectivity index (χ0) is 16.6. The van der Waals surface area contributed by atoms with Crippen LogP contribution in [0.15, 0.2) is 0 Å². The molecule has 3 rings (SSSR count). The molecule has 1 aromatic rings. The number of nitrogens with one attached hydrogen (secondary N) is 1. The zero-order valence-corrected chi connectivity index (χ0v) is 14.9. The average molecular weight is 332 g/mol. The first-order valence-corrected chi connectivity index (χ1v) is 9.15. The van der Waals surface area contributed by atoms with Gasteiger partial charge in [-0.05, 0) is 42.6 Å². The van der Waals surface area contributed by atoms with Crippen molar-refractivity contribution in [1.82, 2.24) is 0 Å². The number of thiophene rings is 1. The molecule has 124 valence electrons. The molecular formula is C18H24N2O2S. The van der Waals surface area contributed by atoms with Gasteiger partial charge in [-0.2, -0.15) is 5.26 Å². The largest absolute Gasteiger partial charge is 0.381 e. The lowest BCUT2D eigenvalue weighted by Crippen LogP contribution is -2.26. The van der Waals surface area contributed by atoms with Crippen molar-refractivity contribution in [3.05, 3.63) is 16.0 Å². The Bertz CT molecular complexity index is 645. The van der Waals surface area contributed by atoms with Gasteiger partial charge in [0.25, 0.3) is 0 Å². The van der Waals surface area contributed by atoms with Crippen LogP contribution in [-0.4, -0.2) is 19.1 Å². The van der Waals surface area contributed by atoms with Crippen LogP contribution >= 0.6 is 11.3 Å². The highest BCUT2D eigenvalue weighted by atomic mass is 32.1. The molecule has 1 fully saturated rings. The van der Waals surface area contributed by atoms with Gasteiger partial charge in [-0.3, -0.25) is 4.79 Å². The SMILES string of the molecule is CC(C)(C)[C@H]1CCc2c(sc(NC(=O)[C@@H]3CCOC3)c2C#N)C1. The van der Waals surface area contributed by atoms with Gasteiger partial charge in [0, 0.05) is 11.5 Å². The van der Waals surface area contributed by atoms with Gasteiger partial charge in [0.15, 0.2) is 0 Å². The Kier molecular flexibility index (Phi) is 4.48. The lowest BCUT2D eigenvalue weighted by Gasteiger charge is -2.33. The van der Waals surface area contributed by atoms with Crippen LogP contribution in [0.1, 0.15) is 49.6 Å². The smallest absolute Gasteiger partial charge is 0.230 e. The fourth-order valence-electron chi connectivity index (χ4n) is 3.49. The quantitative estimate of drug-likeness (QED) is 0.897. The molecule has 1 aromatic heterocycles.